The largest absolute Gasteiger partial charge is 0.340 e. The average molecular weight is 353 g/mol. The number of benzene rings is 1. The molecular formula is C22H19N5. The van der Waals surface area contributed by atoms with Gasteiger partial charge in [-0.1, -0.05) is 29.8 Å². The number of fused-ring (bicyclic) bond motifs is 2. The Bertz CT molecular complexity index is 1230. The molecule has 0 aliphatic carbocycles. The predicted octanol–water partition coefficient (Wildman–Crippen LogP) is 4.48. The number of nitrogens with one attached hydrogen (secondary N) is 1. The first kappa shape index (κ1) is 15.8. The molecule has 1 aromatic carbocycles. The number of rotatable bonds is 3. The van der Waals surface area contributed by atoms with Crippen LogP contribution in [0.5, 0.6) is 0 Å². The molecule has 0 saturated carbocycles. The number of pyridine rings is 2. The summed E-state index contributed by atoms with van der Waals surface area (Å²) in [6.45, 7) is 4.19. The van der Waals surface area contributed by atoms with E-state index in [4.69, 9.17) is 9.97 Å². The summed E-state index contributed by atoms with van der Waals surface area (Å²) in [7, 11) is 0. The lowest BCUT2D eigenvalue weighted by atomic mass is 10.1. The normalized spacial score (nSPS) is 11.5. The molecule has 4 aromatic heterocycles. The van der Waals surface area contributed by atoms with Gasteiger partial charge in [-0.25, -0.2) is 9.97 Å². The molecule has 5 aromatic rings. The summed E-state index contributed by atoms with van der Waals surface area (Å²) >= 11 is 0. The Hall–Kier alpha value is -3.47. The Morgan fingerprint density at radius 2 is 1.81 bits per heavy atom. The van der Waals surface area contributed by atoms with Gasteiger partial charge in [0.25, 0.3) is 0 Å². The van der Waals surface area contributed by atoms with Crippen molar-refractivity contribution in [2.75, 3.05) is 0 Å². The molecule has 4 heterocycles. The molecule has 27 heavy (non-hydrogen) atoms. The minimum Gasteiger partial charge on any atom is -0.340 e. The van der Waals surface area contributed by atoms with Gasteiger partial charge in [0.15, 0.2) is 0 Å². The van der Waals surface area contributed by atoms with E-state index in [1.165, 1.54) is 11.1 Å². The second-order valence-corrected chi connectivity index (χ2v) is 6.96. The van der Waals surface area contributed by atoms with Crippen molar-refractivity contribution in [3.8, 4) is 11.3 Å². The molecule has 0 unspecified atom stereocenters. The number of hydrogen-bond acceptors (Lipinski definition) is 3. The molecule has 0 atom stereocenters. The van der Waals surface area contributed by atoms with E-state index in [-0.39, 0.29) is 0 Å². The number of hydrogen-bond donors (Lipinski definition) is 1. The zero-order valence-electron chi connectivity index (χ0n) is 15.3. The topological polar surface area (TPSA) is 58.9 Å². The van der Waals surface area contributed by atoms with Crippen LogP contribution in [0.25, 0.3) is 27.9 Å². The van der Waals surface area contributed by atoms with Crippen molar-refractivity contribution in [2.45, 2.75) is 20.3 Å². The van der Waals surface area contributed by atoms with Crippen molar-refractivity contribution in [3.05, 3.63) is 83.7 Å². The fourth-order valence-electron chi connectivity index (χ4n) is 3.46. The molecule has 0 fully saturated rings. The number of imidazole rings is 2. The van der Waals surface area contributed by atoms with E-state index < -0.39 is 0 Å². The minimum atomic E-state index is 0.669. The van der Waals surface area contributed by atoms with Crippen molar-refractivity contribution in [1.29, 1.82) is 0 Å². The van der Waals surface area contributed by atoms with Gasteiger partial charge >= 0.3 is 0 Å². The fourth-order valence-corrected chi connectivity index (χ4v) is 3.46. The Labute approximate surface area is 156 Å². The van der Waals surface area contributed by atoms with Crippen LogP contribution in [-0.4, -0.2) is 24.3 Å². The first-order valence-electron chi connectivity index (χ1n) is 9.00. The average Bonchev–Trinajstić information content (AvgIpc) is 3.23. The zero-order chi connectivity index (χ0) is 18.4. The lowest BCUT2D eigenvalue weighted by Crippen LogP contribution is -1.98. The van der Waals surface area contributed by atoms with Gasteiger partial charge in [0, 0.05) is 24.4 Å². The summed E-state index contributed by atoms with van der Waals surface area (Å²) in [4.78, 5) is 17.2. The van der Waals surface area contributed by atoms with Gasteiger partial charge in [0.1, 0.15) is 11.5 Å². The van der Waals surface area contributed by atoms with E-state index in [1.807, 2.05) is 12.3 Å². The van der Waals surface area contributed by atoms with E-state index in [1.54, 1.807) is 6.20 Å². The van der Waals surface area contributed by atoms with E-state index in [0.717, 1.165) is 39.5 Å². The smallest absolute Gasteiger partial charge is 0.137 e. The highest BCUT2D eigenvalue weighted by Gasteiger charge is 2.16. The van der Waals surface area contributed by atoms with Gasteiger partial charge in [-0.15, -0.1) is 0 Å². The van der Waals surface area contributed by atoms with Gasteiger partial charge in [0.2, 0.25) is 0 Å². The quantitative estimate of drug-likeness (QED) is 0.520. The standard InChI is InChI=1S/C22H19N5/c1-14-3-5-16(6-4-14)22-19(27-10-8-15(2)11-21(27)26-22)12-20-24-17-7-9-23-13-18(17)25-20/h3-11,13H,12H2,1-2H3,(H,24,25). The van der Waals surface area contributed by atoms with Crippen molar-refractivity contribution in [3.63, 3.8) is 0 Å². The van der Waals surface area contributed by atoms with Crippen LogP contribution in [0.15, 0.2) is 61.1 Å². The van der Waals surface area contributed by atoms with Gasteiger partial charge in [-0.2, -0.15) is 0 Å². The van der Waals surface area contributed by atoms with Crippen LogP contribution < -0.4 is 0 Å². The van der Waals surface area contributed by atoms with Gasteiger partial charge in [-0.3, -0.25) is 4.98 Å². The molecule has 0 saturated heterocycles. The first-order valence-corrected chi connectivity index (χ1v) is 9.00. The SMILES string of the molecule is Cc1ccc(-c2nc3cc(C)ccn3c2Cc2nc3ccncc3[nH]2)cc1. The molecule has 0 amide bonds. The van der Waals surface area contributed by atoms with E-state index >= 15 is 0 Å². The molecule has 0 spiro atoms. The summed E-state index contributed by atoms with van der Waals surface area (Å²) in [6.07, 6.45) is 6.34. The molecule has 0 radical (unpaired) electrons. The Morgan fingerprint density at radius 3 is 2.63 bits per heavy atom. The molecule has 0 aliphatic heterocycles. The highest BCUT2D eigenvalue weighted by atomic mass is 15.0. The van der Waals surface area contributed by atoms with Crippen LogP contribution >= 0.6 is 0 Å². The van der Waals surface area contributed by atoms with Gasteiger partial charge in [-0.05, 0) is 37.6 Å². The Balaban J connectivity index is 1.68. The fraction of sp³-hybridized carbons (Fsp3) is 0.136. The van der Waals surface area contributed by atoms with Gasteiger partial charge in [0.05, 0.1) is 28.6 Å². The second kappa shape index (κ2) is 6.06. The molecular weight excluding hydrogens is 334 g/mol. The summed E-state index contributed by atoms with van der Waals surface area (Å²) in [6, 6.07) is 14.7. The molecule has 5 nitrogen and oxygen atoms in total. The van der Waals surface area contributed by atoms with Crippen LogP contribution in [0.2, 0.25) is 0 Å². The molecule has 0 aliphatic rings. The first-order chi connectivity index (χ1) is 13.2. The second-order valence-electron chi connectivity index (χ2n) is 6.96. The van der Waals surface area contributed by atoms with Crippen molar-refractivity contribution in [2.24, 2.45) is 0 Å². The third kappa shape index (κ3) is 2.77. The lowest BCUT2D eigenvalue weighted by molar-refractivity contribution is 0.961. The molecule has 5 rings (SSSR count). The van der Waals surface area contributed by atoms with E-state index in [2.05, 4.69) is 70.8 Å². The Kier molecular flexibility index (Phi) is 3.53. The minimum absolute atomic E-state index is 0.669. The maximum Gasteiger partial charge on any atom is 0.137 e. The maximum absolute atomic E-state index is 4.93. The van der Waals surface area contributed by atoms with E-state index in [0.29, 0.717) is 6.42 Å². The summed E-state index contributed by atoms with van der Waals surface area (Å²) in [5.74, 6) is 0.911. The molecule has 132 valence electrons. The predicted molar refractivity (Wildman–Crippen MR) is 107 cm³/mol. The van der Waals surface area contributed by atoms with E-state index in [9.17, 15) is 0 Å². The Morgan fingerprint density at radius 1 is 0.963 bits per heavy atom. The summed E-state index contributed by atoms with van der Waals surface area (Å²) in [5, 5.41) is 0. The van der Waals surface area contributed by atoms with Crippen molar-refractivity contribution < 1.29 is 0 Å². The molecule has 0 bridgehead atoms. The van der Waals surface area contributed by atoms with Gasteiger partial charge < -0.3 is 9.38 Å². The maximum atomic E-state index is 4.93. The number of aromatic nitrogens is 5. The number of aromatic amines is 1. The van der Waals surface area contributed by atoms with Crippen LogP contribution in [0.3, 0.4) is 0 Å². The summed E-state index contributed by atoms with van der Waals surface area (Å²) in [5.41, 5.74) is 8.53. The highest BCUT2D eigenvalue weighted by molar-refractivity contribution is 5.74. The molecule has 1 N–H and O–H groups in total. The van der Waals surface area contributed by atoms with Crippen LogP contribution in [0, 0.1) is 13.8 Å². The number of aryl methyl sites for hydroxylation is 2. The van der Waals surface area contributed by atoms with Crippen LogP contribution in [0.4, 0.5) is 0 Å². The third-order valence-corrected chi connectivity index (χ3v) is 4.87. The van der Waals surface area contributed by atoms with Crippen molar-refractivity contribution in [1.82, 2.24) is 24.3 Å². The third-order valence-electron chi connectivity index (χ3n) is 4.87. The summed E-state index contributed by atoms with van der Waals surface area (Å²) < 4.78 is 2.16. The zero-order valence-corrected chi connectivity index (χ0v) is 15.3. The lowest BCUT2D eigenvalue weighted by Gasteiger charge is -2.05. The van der Waals surface area contributed by atoms with Crippen LogP contribution in [0.1, 0.15) is 22.6 Å². The number of H-pyrrole nitrogens is 1. The monoisotopic (exact) mass is 353 g/mol. The molecule has 5 heteroatoms. The number of nitrogens with zero attached hydrogens (tertiary/aromatic N) is 4. The van der Waals surface area contributed by atoms with Crippen molar-refractivity contribution >= 4 is 16.7 Å². The highest BCUT2D eigenvalue weighted by Crippen LogP contribution is 2.27. The van der Waals surface area contributed by atoms with Crippen LogP contribution in [-0.2, 0) is 6.42 Å².